The van der Waals surface area contributed by atoms with Crippen LogP contribution in [0.5, 0.6) is 0 Å². The van der Waals surface area contributed by atoms with E-state index >= 15 is 0 Å². The van der Waals surface area contributed by atoms with E-state index < -0.39 is 0 Å². The molecule has 2 nitrogen and oxygen atoms in total. The number of Topliss-reactive ketones (excluding diaryl/α,β-unsaturated/α-hetero) is 1. The van der Waals surface area contributed by atoms with Crippen molar-refractivity contribution in [2.45, 2.75) is 52.4 Å². The van der Waals surface area contributed by atoms with Gasteiger partial charge in [-0.2, -0.15) is 0 Å². The Morgan fingerprint density at radius 2 is 2.12 bits per heavy atom. The summed E-state index contributed by atoms with van der Waals surface area (Å²) in [6.45, 7) is 6.66. The molecule has 2 aliphatic rings. The summed E-state index contributed by atoms with van der Waals surface area (Å²) in [6, 6.07) is 0. The zero-order valence-electron chi connectivity index (χ0n) is 10.7. The minimum absolute atomic E-state index is 0.425. The molecular weight excluding hydrogens is 198 g/mol. The summed E-state index contributed by atoms with van der Waals surface area (Å²) >= 11 is 0. The van der Waals surface area contributed by atoms with Crippen molar-refractivity contribution in [2.24, 2.45) is 17.3 Å². The van der Waals surface area contributed by atoms with E-state index in [1.54, 1.807) is 0 Å². The molecule has 0 amide bonds. The summed E-state index contributed by atoms with van der Waals surface area (Å²) < 4.78 is 0. The third-order valence-corrected chi connectivity index (χ3v) is 4.51. The number of nitrogens with one attached hydrogen (secondary N) is 1. The number of piperidine rings is 1. The fourth-order valence-electron chi connectivity index (χ4n) is 3.36. The number of hydrogen-bond donors (Lipinski definition) is 1. The van der Waals surface area contributed by atoms with Crippen LogP contribution in [0.15, 0.2) is 0 Å². The van der Waals surface area contributed by atoms with Gasteiger partial charge in [0.2, 0.25) is 0 Å². The molecule has 1 N–H and O–H groups in total. The molecule has 16 heavy (non-hydrogen) atoms. The molecule has 0 radical (unpaired) electrons. The van der Waals surface area contributed by atoms with Crippen molar-refractivity contribution < 1.29 is 4.79 Å². The lowest BCUT2D eigenvalue weighted by Crippen LogP contribution is -2.30. The predicted octanol–water partition coefficient (Wildman–Crippen LogP) is 2.77. The lowest BCUT2D eigenvalue weighted by molar-refractivity contribution is -0.122. The monoisotopic (exact) mass is 223 g/mol. The van der Waals surface area contributed by atoms with Gasteiger partial charge in [0.15, 0.2) is 0 Å². The van der Waals surface area contributed by atoms with E-state index in [9.17, 15) is 4.79 Å². The Bertz CT molecular complexity index is 255. The maximum atomic E-state index is 12.1. The van der Waals surface area contributed by atoms with Gasteiger partial charge < -0.3 is 5.32 Å². The molecule has 2 heteroatoms. The van der Waals surface area contributed by atoms with Gasteiger partial charge in [0.05, 0.1) is 0 Å². The molecular formula is C14H25NO. The van der Waals surface area contributed by atoms with Crippen molar-refractivity contribution >= 4 is 5.78 Å². The highest BCUT2D eigenvalue weighted by Crippen LogP contribution is 2.59. The van der Waals surface area contributed by atoms with Gasteiger partial charge in [0.25, 0.3) is 0 Å². The maximum absolute atomic E-state index is 12.1. The minimum atomic E-state index is 0.425. The molecule has 1 spiro atoms. The number of hydrogen-bond acceptors (Lipinski definition) is 2. The van der Waals surface area contributed by atoms with Gasteiger partial charge in [-0.25, -0.2) is 0 Å². The molecule has 92 valence electrons. The van der Waals surface area contributed by atoms with Crippen molar-refractivity contribution in [3.05, 3.63) is 0 Å². The zero-order valence-corrected chi connectivity index (χ0v) is 10.7. The van der Waals surface area contributed by atoms with E-state index in [0.29, 0.717) is 23.0 Å². The first kappa shape index (κ1) is 12.1. The highest BCUT2D eigenvalue weighted by molar-refractivity contribution is 5.84. The van der Waals surface area contributed by atoms with Crippen molar-refractivity contribution in [3.63, 3.8) is 0 Å². The smallest absolute Gasteiger partial charge is 0.136 e. The minimum Gasteiger partial charge on any atom is -0.317 e. The summed E-state index contributed by atoms with van der Waals surface area (Å²) in [5, 5.41) is 3.39. The van der Waals surface area contributed by atoms with E-state index in [1.807, 2.05) is 0 Å². The molecule has 0 bridgehead atoms. The number of rotatable bonds is 5. The Labute approximate surface area is 99.2 Å². The molecule has 1 heterocycles. The molecule has 1 aliphatic carbocycles. The van der Waals surface area contributed by atoms with Crippen molar-refractivity contribution in [1.29, 1.82) is 0 Å². The Hall–Kier alpha value is -0.370. The van der Waals surface area contributed by atoms with Crippen molar-refractivity contribution in [2.75, 3.05) is 13.1 Å². The fraction of sp³-hybridized carbons (Fsp3) is 0.929. The van der Waals surface area contributed by atoms with Crippen LogP contribution in [0, 0.1) is 17.3 Å². The summed E-state index contributed by atoms with van der Waals surface area (Å²) in [4.78, 5) is 12.1. The Morgan fingerprint density at radius 1 is 1.44 bits per heavy atom. The van der Waals surface area contributed by atoms with E-state index in [0.717, 1.165) is 19.5 Å². The first-order valence-electron chi connectivity index (χ1n) is 6.91. The lowest BCUT2D eigenvalue weighted by atomic mass is 9.88. The molecule has 2 unspecified atom stereocenters. The molecule has 0 aromatic carbocycles. The van der Waals surface area contributed by atoms with E-state index in [2.05, 4.69) is 19.2 Å². The van der Waals surface area contributed by atoms with Gasteiger partial charge in [-0.3, -0.25) is 4.79 Å². The molecule has 0 aromatic heterocycles. The predicted molar refractivity (Wildman–Crippen MR) is 66.3 cm³/mol. The van der Waals surface area contributed by atoms with Crippen molar-refractivity contribution in [1.82, 2.24) is 5.32 Å². The van der Waals surface area contributed by atoms with Crippen LogP contribution in [0.1, 0.15) is 52.4 Å². The van der Waals surface area contributed by atoms with Crippen LogP contribution in [0.25, 0.3) is 0 Å². The largest absolute Gasteiger partial charge is 0.317 e. The normalized spacial score (nSPS) is 29.0. The van der Waals surface area contributed by atoms with Crippen LogP contribution >= 0.6 is 0 Å². The van der Waals surface area contributed by atoms with Crippen LogP contribution in [-0.4, -0.2) is 18.9 Å². The molecule has 2 atom stereocenters. The van der Waals surface area contributed by atoms with Crippen LogP contribution in [0.2, 0.25) is 0 Å². The number of carbonyl (C=O) groups is 1. The Morgan fingerprint density at radius 3 is 2.75 bits per heavy atom. The second-order valence-electron chi connectivity index (χ2n) is 5.93. The van der Waals surface area contributed by atoms with Gasteiger partial charge in [-0.15, -0.1) is 0 Å². The van der Waals surface area contributed by atoms with Crippen LogP contribution in [0.4, 0.5) is 0 Å². The first-order chi connectivity index (χ1) is 7.68. The van der Waals surface area contributed by atoms with Gasteiger partial charge in [0, 0.05) is 12.3 Å². The average molecular weight is 223 g/mol. The highest BCUT2D eigenvalue weighted by Gasteiger charge is 2.56. The highest BCUT2D eigenvalue weighted by atomic mass is 16.1. The van der Waals surface area contributed by atoms with Gasteiger partial charge in [-0.1, -0.05) is 26.7 Å². The van der Waals surface area contributed by atoms with Crippen LogP contribution < -0.4 is 5.32 Å². The van der Waals surface area contributed by atoms with Gasteiger partial charge in [0.1, 0.15) is 5.78 Å². The summed E-state index contributed by atoms with van der Waals surface area (Å²) in [5.74, 6) is 1.58. The third-order valence-electron chi connectivity index (χ3n) is 4.51. The molecule has 1 saturated carbocycles. The van der Waals surface area contributed by atoms with E-state index in [4.69, 9.17) is 0 Å². The standard InChI is InChI=1S/C14H25NO/c1-3-4-11(2)9-13(16)12-10-14(12)5-7-15-8-6-14/h11-12,15H,3-10H2,1-2H3. The molecule has 2 fully saturated rings. The quantitative estimate of drug-likeness (QED) is 0.776. The SMILES string of the molecule is CCCC(C)CC(=O)C1CC12CCNCC2. The average Bonchev–Trinajstić information content (AvgIpc) is 2.93. The van der Waals surface area contributed by atoms with E-state index in [1.165, 1.54) is 32.1 Å². The first-order valence-corrected chi connectivity index (χ1v) is 6.91. The van der Waals surface area contributed by atoms with Crippen LogP contribution in [0.3, 0.4) is 0 Å². The summed E-state index contributed by atoms with van der Waals surface area (Å²) in [7, 11) is 0. The summed E-state index contributed by atoms with van der Waals surface area (Å²) in [6.07, 6.45) is 6.87. The Kier molecular flexibility index (Phi) is 3.68. The van der Waals surface area contributed by atoms with Gasteiger partial charge >= 0.3 is 0 Å². The number of carbonyl (C=O) groups excluding carboxylic acids is 1. The summed E-state index contributed by atoms with van der Waals surface area (Å²) in [5.41, 5.74) is 0.439. The second kappa shape index (κ2) is 4.87. The molecule has 1 aliphatic heterocycles. The topological polar surface area (TPSA) is 29.1 Å². The lowest BCUT2D eigenvalue weighted by Gasteiger charge is -2.23. The Balaban J connectivity index is 1.79. The van der Waals surface area contributed by atoms with E-state index in [-0.39, 0.29) is 0 Å². The number of ketones is 1. The second-order valence-corrected chi connectivity index (χ2v) is 5.93. The van der Waals surface area contributed by atoms with Crippen LogP contribution in [-0.2, 0) is 4.79 Å². The molecule has 0 aromatic rings. The van der Waals surface area contributed by atoms with Crippen molar-refractivity contribution in [3.8, 4) is 0 Å². The van der Waals surface area contributed by atoms with Gasteiger partial charge in [-0.05, 0) is 43.7 Å². The maximum Gasteiger partial charge on any atom is 0.136 e. The third kappa shape index (κ3) is 2.48. The molecule has 1 saturated heterocycles. The zero-order chi connectivity index (χ0) is 11.6. The fourth-order valence-corrected chi connectivity index (χ4v) is 3.36. The molecule has 2 rings (SSSR count).